The van der Waals surface area contributed by atoms with Crippen LogP contribution in [-0.2, 0) is 14.3 Å². The minimum Gasteiger partial charge on any atom is -0.466 e. The number of carbonyl (C=O) groups excluding carboxylic acids is 2. The van der Waals surface area contributed by atoms with Crippen molar-refractivity contribution < 1.29 is 14.3 Å². The second-order valence-corrected chi connectivity index (χ2v) is 1.95. The summed E-state index contributed by atoms with van der Waals surface area (Å²) in [5.41, 5.74) is 5.17. The molecule has 0 saturated carbocycles. The van der Waals surface area contributed by atoms with Gasteiger partial charge in [-0.15, -0.1) is 0 Å². The van der Waals surface area contributed by atoms with E-state index in [0.29, 0.717) is 5.57 Å². The van der Waals surface area contributed by atoms with Crippen LogP contribution in [0.4, 0.5) is 0 Å². The quantitative estimate of drug-likeness (QED) is 0.462. The van der Waals surface area contributed by atoms with Crippen LogP contribution in [0, 0.1) is 0 Å². The average Bonchev–Trinajstić information content (AvgIpc) is 1.98. The van der Waals surface area contributed by atoms with E-state index in [1.165, 1.54) is 13.2 Å². The lowest BCUT2D eigenvalue weighted by Crippen LogP contribution is -2.15. The summed E-state index contributed by atoms with van der Waals surface area (Å²) in [6, 6.07) is 0. The molecule has 4 heteroatoms. The van der Waals surface area contributed by atoms with Crippen LogP contribution in [0.1, 0.15) is 13.3 Å². The van der Waals surface area contributed by atoms with Crippen molar-refractivity contribution in [1.82, 2.24) is 0 Å². The van der Waals surface area contributed by atoms with Crippen molar-refractivity contribution in [2.45, 2.75) is 13.3 Å². The fraction of sp³-hybridized carbons (Fsp3) is 0.429. The Morgan fingerprint density at radius 1 is 1.55 bits per heavy atom. The summed E-state index contributed by atoms with van der Waals surface area (Å²) in [7, 11) is 1.26. The van der Waals surface area contributed by atoms with Crippen molar-refractivity contribution in [3.05, 3.63) is 11.6 Å². The van der Waals surface area contributed by atoms with Gasteiger partial charge in [0.15, 0.2) is 0 Å². The van der Waals surface area contributed by atoms with Gasteiger partial charge in [0.05, 0.1) is 13.5 Å². The number of carbonyl (C=O) groups is 2. The maximum absolute atomic E-state index is 10.8. The summed E-state index contributed by atoms with van der Waals surface area (Å²) in [5, 5.41) is 0. The molecule has 0 rings (SSSR count). The van der Waals surface area contributed by atoms with Crippen LogP contribution in [0.15, 0.2) is 11.6 Å². The Bertz CT molecular complexity index is 196. The number of amides is 1. The molecule has 4 nitrogen and oxygen atoms in total. The van der Waals surface area contributed by atoms with Gasteiger partial charge in [-0.3, -0.25) is 4.79 Å². The summed E-state index contributed by atoms with van der Waals surface area (Å²) in [5.74, 6) is -1.05. The molecule has 0 aliphatic heterocycles. The molecule has 0 aromatic carbocycles. The van der Waals surface area contributed by atoms with E-state index in [1.54, 1.807) is 6.92 Å². The number of esters is 1. The highest BCUT2D eigenvalue weighted by Gasteiger charge is 2.10. The molecule has 11 heavy (non-hydrogen) atoms. The van der Waals surface area contributed by atoms with Gasteiger partial charge in [0, 0.05) is 5.57 Å². The van der Waals surface area contributed by atoms with Gasteiger partial charge in [0.1, 0.15) is 0 Å². The molecule has 0 aliphatic carbocycles. The number of hydrogen-bond donors (Lipinski definition) is 1. The fourth-order valence-corrected chi connectivity index (χ4v) is 0.611. The Balaban J connectivity index is 4.20. The van der Waals surface area contributed by atoms with Crippen molar-refractivity contribution in [1.29, 1.82) is 0 Å². The number of methoxy groups -OCH3 is 1. The Morgan fingerprint density at radius 2 is 2.09 bits per heavy atom. The summed E-state index contributed by atoms with van der Waals surface area (Å²) >= 11 is 0. The molecule has 0 spiro atoms. The summed E-state index contributed by atoms with van der Waals surface area (Å²) in [6.07, 6.45) is 1.44. The van der Waals surface area contributed by atoms with Crippen molar-refractivity contribution in [2.75, 3.05) is 7.11 Å². The zero-order valence-electron chi connectivity index (χ0n) is 6.59. The van der Waals surface area contributed by atoms with Crippen LogP contribution >= 0.6 is 0 Å². The van der Waals surface area contributed by atoms with Crippen LogP contribution in [-0.4, -0.2) is 19.0 Å². The van der Waals surface area contributed by atoms with E-state index < -0.39 is 11.9 Å². The molecule has 0 bridgehead atoms. The minimum atomic E-state index is -0.538. The van der Waals surface area contributed by atoms with Gasteiger partial charge < -0.3 is 10.5 Å². The minimum absolute atomic E-state index is 0.0663. The lowest BCUT2D eigenvalue weighted by molar-refractivity contribution is -0.137. The van der Waals surface area contributed by atoms with Crippen molar-refractivity contribution in [3.63, 3.8) is 0 Å². The Hall–Kier alpha value is -1.32. The third-order valence-corrected chi connectivity index (χ3v) is 1.16. The molecule has 0 unspecified atom stereocenters. The number of ether oxygens (including phenoxy) is 1. The first-order chi connectivity index (χ1) is 5.11. The number of nitrogens with two attached hydrogens (primary N) is 1. The molecule has 2 N–H and O–H groups in total. The maximum atomic E-state index is 10.8. The largest absolute Gasteiger partial charge is 0.466 e. The second-order valence-electron chi connectivity index (χ2n) is 1.95. The molecule has 0 aromatic heterocycles. The highest BCUT2D eigenvalue weighted by molar-refractivity contribution is 5.94. The SMILES string of the molecule is CC=C(CC(N)=O)C(=O)OC. The molecule has 0 aromatic rings. The number of hydrogen-bond acceptors (Lipinski definition) is 3. The molecule has 0 aliphatic rings. The standard InChI is InChI=1S/C7H11NO3/c1-3-5(4-6(8)9)7(10)11-2/h3H,4H2,1-2H3,(H2,8,9). The zero-order valence-corrected chi connectivity index (χ0v) is 6.59. The van der Waals surface area contributed by atoms with Gasteiger partial charge in [-0.2, -0.15) is 0 Å². The molecule has 0 radical (unpaired) electrons. The van der Waals surface area contributed by atoms with Gasteiger partial charge in [-0.25, -0.2) is 4.79 Å². The van der Waals surface area contributed by atoms with Crippen molar-refractivity contribution in [3.8, 4) is 0 Å². The highest BCUT2D eigenvalue weighted by atomic mass is 16.5. The maximum Gasteiger partial charge on any atom is 0.333 e. The van der Waals surface area contributed by atoms with Gasteiger partial charge in [0.25, 0.3) is 0 Å². The van der Waals surface area contributed by atoms with Gasteiger partial charge in [-0.05, 0) is 6.92 Å². The summed E-state index contributed by atoms with van der Waals surface area (Å²) in [4.78, 5) is 21.1. The molecule has 0 saturated heterocycles. The predicted molar refractivity (Wildman–Crippen MR) is 39.6 cm³/mol. The Kier molecular flexibility index (Phi) is 3.95. The Morgan fingerprint density at radius 3 is 2.36 bits per heavy atom. The van der Waals surface area contributed by atoms with Crippen LogP contribution in [0.25, 0.3) is 0 Å². The fourth-order valence-electron chi connectivity index (χ4n) is 0.611. The average molecular weight is 157 g/mol. The first-order valence-electron chi connectivity index (χ1n) is 3.13. The molecule has 0 fully saturated rings. The summed E-state index contributed by atoms with van der Waals surface area (Å²) in [6.45, 7) is 1.65. The van der Waals surface area contributed by atoms with E-state index in [1.807, 2.05) is 0 Å². The smallest absolute Gasteiger partial charge is 0.333 e. The van der Waals surface area contributed by atoms with Gasteiger partial charge in [0.2, 0.25) is 5.91 Å². The first kappa shape index (κ1) is 9.68. The number of primary amides is 1. The zero-order chi connectivity index (χ0) is 8.85. The second kappa shape index (κ2) is 4.49. The van der Waals surface area contributed by atoms with E-state index in [2.05, 4.69) is 4.74 Å². The molecule has 62 valence electrons. The van der Waals surface area contributed by atoms with Crippen LogP contribution in [0.5, 0.6) is 0 Å². The lowest BCUT2D eigenvalue weighted by atomic mass is 10.2. The topological polar surface area (TPSA) is 69.4 Å². The van der Waals surface area contributed by atoms with Crippen LogP contribution < -0.4 is 5.73 Å². The van der Waals surface area contributed by atoms with Gasteiger partial charge >= 0.3 is 5.97 Å². The lowest BCUT2D eigenvalue weighted by Gasteiger charge is -2.00. The highest BCUT2D eigenvalue weighted by Crippen LogP contribution is 2.01. The van der Waals surface area contributed by atoms with Crippen LogP contribution in [0.2, 0.25) is 0 Å². The number of allylic oxidation sites excluding steroid dienone is 1. The number of rotatable bonds is 3. The molecule has 0 atom stereocenters. The van der Waals surface area contributed by atoms with E-state index >= 15 is 0 Å². The van der Waals surface area contributed by atoms with Crippen molar-refractivity contribution >= 4 is 11.9 Å². The van der Waals surface area contributed by atoms with E-state index in [0.717, 1.165) is 0 Å². The van der Waals surface area contributed by atoms with E-state index in [4.69, 9.17) is 5.73 Å². The molecule has 1 amide bonds. The van der Waals surface area contributed by atoms with Gasteiger partial charge in [-0.1, -0.05) is 6.08 Å². The molecular formula is C7H11NO3. The predicted octanol–water partition coefficient (Wildman–Crippen LogP) is -0.0189. The first-order valence-corrected chi connectivity index (χ1v) is 3.13. The normalized spacial score (nSPS) is 10.9. The van der Waals surface area contributed by atoms with Crippen LogP contribution in [0.3, 0.4) is 0 Å². The van der Waals surface area contributed by atoms with E-state index in [-0.39, 0.29) is 6.42 Å². The molecule has 0 heterocycles. The monoisotopic (exact) mass is 157 g/mol. The molecular weight excluding hydrogens is 146 g/mol. The third kappa shape index (κ3) is 3.40. The third-order valence-electron chi connectivity index (χ3n) is 1.16. The summed E-state index contributed by atoms with van der Waals surface area (Å²) < 4.78 is 4.39. The van der Waals surface area contributed by atoms with E-state index in [9.17, 15) is 9.59 Å². The Labute approximate surface area is 65.0 Å². The van der Waals surface area contributed by atoms with Crippen molar-refractivity contribution in [2.24, 2.45) is 5.73 Å².